The van der Waals surface area contributed by atoms with E-state index < -0.39 is 0 Å². The molecule has 0 aromatic rings. The molecule has 1 unspecified atom stereocenters. The maximum Gasteiger partial charge on any atom is 0.0966 e. The maximum absolute atomic E-state index is 14.1. The molecular weight excluding hydrogens is 287 g/mol. The Morgan fingerprint density at radius 3 is 2.57 bits per heavy atom. The van der Waals surface area contributed by atoms with E-state index in [1.807, 2.05) is 0 Å². The molecule has 0 aromatic carbocycles. The van der Waals surface area contributed by atoms with Crippen molar-refractivity contribution >= 4 is 0 Å². The van der Waals surface area contributed by atoms with Crippen LogP contribution in [0.25, 0.3) is 0 Å². The molecular formula is C21H33FO. The molecule has 130 valence electrons. The predicted octanol–water partition coefficient (Wildman–Crippen LogP) is 5.63. The van der Waals surface area contributed by atoms with Crippen molar-refractivity contribution in [3.05, 3.63) is 11.4 Å². The number of hydrogen-bond acceptors (Lipinski definition) is 1. The van der Waals surface area contributed by atoms with E-state index in [-0.39, 0.29) is 17.3 Å². The fourth-order valence-corrected chi connectivity index (χ4v) is 7.61. The van der Waals surface area contributed by atoms with Gasteiger partial charge in [0.2, 0.25) is 0 Å². The Balaban J connectivity index is 1.64. The first-order valence-corrected chi connectivity index (χ1v) is 9.90. The van der Waals surface area contributed by atoms with Gasteiger partial charge < -0.3 is 5.11 Å². The summed E-state index contributed by atoms with van der Waals surface area (Å²) in [6.07, 6.45) is 10.4. The highest BCUT2D eigenvalue weighted by Gasteiger charge is 2.59. The lowest BCUT2D eigenvalue weighted by Crippen LogP contribution is -2.53. The summed E-state index contributed by atoms with van der Waals surface area (Å²) >= 11 is 0. The van der Waals surface area contributed by atoms with E-state index in [2.05, 4.69) is 13.8 Å². The summed E-state index contributed by atoms with van der Waals surface area (Å²) < 4.78 is 14.1. The van der Waals surface area contributed by atoms with Crippen molar-refractivity contribution in [1.82, 2.24) is 0 Å². The third-order valence-corrected chi connectivity index (χ3v) is 8.84. The molecule has 2 heteroatoms. The van der Waals surface area contributed by atoms with Crippen molar-refractivity contribution in [2.75, 3.05) is 0 Å². The average molecular weight is 320 g/mol. The monoisotopic (exact) mass is 320 g/mol. The summed E-state index contributed by atoms with van der Waals surface area (Å²) in [5.74, 6) is 3.13. The van der Waals surface area contributed by atoms with E-state index in [9.17, 15) is 9.50 Å². The summed E-state index contributed by atoms with van der Waals surface area (Å²) in [6.45, 7) is 6.56. The Bertz CT molecular complexity index is 522. The summed E-state index contributed by atoms with van der Waals surface area (Å²) in [5.41, 5.74) is 1.71. The molecule has 0 heterocycles. The highest BCUT2D eigenvalue weighted by atomic mass is 19.1. The smallest absolute Gasteiger partial charge is 0.0966 e. The minimum absolute atomic E-state index is 0.0614. The van der Waals surface area contributed by atoms with E-state index >= 15 is 0 Å². The zero-order valence-corrected chi connectivity index (χ0v) is 15.1. The zero-order valence-electron chi connectivity index (χ0n) is 15.1. The molecule has 7 atom stereocenters. The van der Waals surface area contributed by atoms with Gasteiger partial charge in [0.05, 0.1) is 11.9 Å². The van der Waals surface area contributed by atoms with Crippen molar-refractivity contribution in [1.29, 1.82) is 0 Å². The van der Waals surface area contributed by atoms with Crippen molar-refractivity contribution < 1.29 is 9.50 Å². The molecule has 4 saturated carbocycles. The standard InChI is InChI=1S/C21H33FO/c1-13(22)17-6-7-18-16-5-4-14-12-15(23)8-10-20(14,2)19(16)9-11-21(17,18)3/h14-16,18-19,23H,4-12H2,1-3H3/b17-13+/t14?,15-,16-,18-,19-,20-,21+/m0/s1. The highest BCUT2D eigenvalue weighted by Crippen LogP contribution is 2.67. The molecule has 0 spiro atoms. The van der Waals surface area contributed by atoms with Crippen LogP contribution in [-0.2, 0) is 0 Å². The van der Waals surface area contributed by atoms with E-state index in [0.29, 0.717) is 11.3 Å². The average Bonchev–Trinajstić information content (AvgIpc) is 2.85. The fraction of sp³-hybridized carbons (Fsp3) is 0.905. The van der Waals surface area contributed by atoms with Gasteiger partial charge >= 0.3 is 0 Å². The Morgan fingerprint density at radius 2 is 1.83 bits per heavy atom. The zero-order chi connectivity index (χ0) is 16.4. The second-order valence-electron chi connectivity index (χ2n) is 9.59. The molecule has 4 aliphatic carbocycles. The van der Waals surface area contributed by atoms with Crippen LogP contribution in [0.2, 0.25) is 0 Å². The van der Waals surface area contributed by atoms with E-state index in [1.54, 1.807) is 6.92 Å². The largest absolute Gasteiger partial charge is 0.393 e. The molecule has 0 saturated heterocycles. The second kappa shape index (κ2) is 5.31. The van der Waals surface area contributed by atoms with E-state index in [1.165, 1.54) is 38.5 Å². The minimum atomic E-state index is -0.0614. The van der Waals surface area contributed by atoms with Crippen LogP contribution in [0.3, 0.4) is 0 Å². The number of aliphatic hydroxyl groups excluding tert-OH is 1. The summed E-state index contributed by atoms with van der Waals surface area (Å²) in [4.78, 5) is 0. The highest BCUT2D eigenvalue weighted by molar-refractivity contribution is 5.25. The molecule has 0 aromatic heterocycles. The quantitative estimate of drug-likeness (QED) is 0.613. The van der Waals surface area contributed by atoms with Crippen LogP contribution >= 0.6 is 0 Å². The lowest BCUT2D eigenvalue weighted by molar-refractivity contribution is -0.116. The SMILES string of the molecule is C/C(F)=C1/CC[C@H]2[C@@H]3CCC4C[C@@H](O)CC[C@]4(C)[C@H]3CC[C@]12C. The molecule has 1 nitrogen and oxygen atoms in total. The van der Waals surface area contributed by atoms with Crippen molar-refractivity contribution in [2.45, 2.75) is 84.7 Å². The number of halogens is 1. The van der Waals surface area contributed by atoms with Gasteiger partial charge in [-0.2, -0.15) is 0 Å². The second-order valence-corrected chi connectivity index (χ2v) is 9.59. The Kier molecular flexibility index (Phi) is 3.72. The molecule has 4 rings (SSSR count). The van der Waals surface area contributed by atoms with Crippen molar-refractivity contribution in [3.63, 3.8) is 0 Å². The molecule has 4 fully saturated rings. The molecule has 23 heavy (non-hydrogen) atoms. The Hall–Kier alpha value is -0.370. The first-order chi connectivity index (χ1) is 10.9. The van der Waals surface area contributed by atoms with Gasteiger partial charge in [0, 0.05) is 0 Å². The van der Waals surface area contributed by atoms with Crippen molar-refractivity contribution in [3.8, 4) is 0 Å². The summed E-state index contributed by atoms with van der Waals surface area (Å²) in [6, 6.07) is 0. The van der Waals surface area contributed by atoms with Gasteiger partial charge in [-0.3, -0.25) is 0 Å². The molecule has 4 aliphatic rings. The topological polar surface area (TPSA) is 20.2 Å². The molecule has 1 N–H and O–H groups in total. The predicted molar refractivity (Wildman–Crippen MR) is 91.5 cm³/mol. The van der Waals surface area contributed by atoms with Crippen LogP contribution in [0.4, 0.5) is 4.39 Å². The van der Waals surface area contributed by atoms with Gasteiger partial charge in [0.1, 0.15) is 0 Å². The maximum atomic E-state index is 14.1. The molecule has 0 aliphatic heterocycles. The van der Waals surface area contributed by atoms with Gasteiger partial charge in [0.15, 0.2) is 0 Å². The van der Waals surface area contributed by atoms with Gasteiger partial charge in [0.25, 0.3) is 0 Å². The van der Waals surface area contributed by atoms with Crippen LogP contribution in [0.5, 0.6) is 0 Å². The lowest BCUT2D eigenvalue weighted by Gasteiger charge is -2.60. The van der Waals surface area contributed by atoms with Crippen LogP contribution in [0.15, 0.2) is 11.4 Å². The lowest BCUT2D eigenvalue weighted by atomic mass is 9.45. The number of fused-ring (bicyclic) bond motifs is 5. The van der Waals surface area contributed by atoms with Crippen LogP contribution in [0.1, 0.15) is 78.6 Å². The Morgan fingerprint density at radius 1 is 1.04 bits per heavy atom. The third-order valence-electron chi connectivity index (χ3n) is 8.84. The Labute approximate surface area is 140 Å². The number of hydrogen-bond donors (Lipinski definition) is 1. The molecule has 0 amide bonds. The van der Waals surface area contributed by atoms with Crippen molar-refractivity contribution in [2.24, 2.45) is 34.5 Å². The first-order valence-electron chi connectivity index (χ1n) is 9.90. The third kappa shape index (κ3) is 2.19. The molecule has 0 radical (unpaired) electrons. The number of aliphatic hydroxyl groups is 1. The van der Waals surface area contributed by atoms with Crippen LogP contribution < -0.4 is 0 Å². The van der Waals surface area contributed by atoms with Gasteiger partial charge in [-0.15, -0.1) is 0 Å². The first kappa shape index (κ1) is 16.1. The van der Waals surface area contributed by atoms with Gasteiger partial charge in [-0.1, -0.05) is 13.8 Å². The minimum Gasteiger partial charge on any atom is -0.393 e. The normalized spacial score (nSPS) is 54.9. The summed E-state index contributed by atoms with van der Waals surface area (Å²) in [7, 11) is 0. The van der Waals surface area contributed by atoms with E-state index in [4.69, 9.17) is 0 Å². The number of rotatable bonds is 0. The number of allylic oxidation sites excluding steroid dienone is 2. The van der Waals surface area contributed by atoms with Crippen LogP contribution in [-0.4, -0.2) is 11.2 Å². The van der Waals surface area contributed by atoms with Gasteiger partial charge in [-0.25, -0.2) is 4.39 Å². The molecule has 0 bridgehead atoms. The fourth-order valence-electron chi connectivity index (χ4n) is 7.61. The van der Waals surface area contributed by atoms with Gasteiger partial charge in [-0.05, 0) is 105 Å². The van der Waals surface area contributed by atoms with Crippen LogP contribution in [0, 0.1) is 34.5 Å². The van der Waals surface area contributed by atoms with E-state index in [0.717, 1.165) is 42.6 Å². The summed E-state index contributed by atoms with van der Waals surface area (Å²) in [5, 5.41) is 10.1.